The highest BCUT2D eigenvalue weighted by Crippen LogP contribution is 2.14. The highest BCUT2D eigenvalue weighted by atomic mass is 19.1. The van der Waals surface area contributed by atoms with Crippen LogP contribution in [-0.4, -0.2) is 26.8 Å². The minimum Gasteiger partial charge on any atom is -0.481 e. The molecule has 25 heavy (non-hydrogen) atoms. The zero-order valence-electron chi connectivity index (χ0n) is 13.6. The molecule has 0 saturated heterocycles. The average molecular weight is 340 g/mol. The van der Waals surface area contributed by atoms with Crippen LogP contribution in [-0.2, 0) is 11.3 Å². The fourth-order valence-corrected chi connectivity index (χ4v) is 2.23. The second kappa shape index (κ2) is 7.57. The van der Waals surface area contributed by atoms with Crippen molar-refractivity contribution in [3.05, 3.63) is 72.4 Å². The van der Waals surface area contributed by atoms with Gasteiger partial charge in [0.2, 0.25) is 0 Å². The molecule has 3 rings (SSSR count). The van der Waals surface area contributed by atoms with Gasteiger partial charge in [-0.05, 0) is 42.8 Å². The van der Waals surface area contributed by atoms with Gasteiger partial charge in [0.15, 0.2) is 11.9 Å². The monoisotopic (exact) mass is 340 g/mol. The molecule has 0 aliphatic rings. The van der Waals surface area contributed by atoms with Gasteiger partial charge in [-0.3, -0.25) is 4.79 Å². The number of pyridine rings is 1. The quantitative estimate of drug-likeness (QED) is 0.748. The molecule has 1 atom stereocenters. The van der Waals surface area contributed by atoms with Crippen LogP contribution in [0.1, 0.15) is 12.5 Å². The fraction of sp³-hybridized carbons (Fsp3) is 0.167. The molecule has 1 amide bonds. The van der Waals surface area contributed by atoms with Crippen molar-refractivity contribution in [3.8, 4) is 11.6 Å². The molecule has 3 aromatic rings. The zero-order valence-corrected chi connectivity index (χ0v) is 13.6. The number of benzene rings is 1. The fourth-order valence-electron chi connectivity index (χ4n) is 2.23. The van der Waals surface area contributed by atoms with Crippen LogP contribution in [0.3, 0.4) is 0 Å². The number of nitrogens with one attached hydrogen (secondary N) is 1. The summed E-state index contributed by atoms with van der Waals surface area (Å²) in [5.74, 6) is 0.281. The molecule has 1 unspecified atom stereocenters. The maximum Gasteiger partial charge on any atom is 0.261 e. The SMILES string of the molecule is CC(Oc1cccc(F)c1)C(=O)NCc1ccnc(-n2cccn2)c1. The number of amides is 1. The van der Waals surface area contributed by atoms with Crippen molar-refractivity contribution in [2.45, 2.75) is 19.6 Å². The van der Waals surface area contributed by atoms with Crippen molar-refractivity contribution in [2.24, 2.45) is 0 Å². The molecule has 1 N–H and O–H groups in total. The lowest BCUT2D eigenvalue weighted by molar-refractivity contribution is -0.127. The summed E-state index contributed by atoms with van der Waals surface area (Å²) in [6.45, 7) is 1.94. The van der Waals surface area contributed by atoms with Gasteiger partial charge >= 0.3 is 0 Å². The number of ether oxygens (including phenoxy) is 1. The molecule has 0 fully saturated rings. The van der Waals surface area contributed by atoms with E-state index in [2.05, 4.69) is 15.4 Å². The third-order valence-corrected chi connectivity index (χ3v) is 3.49. The van der Waals surface area contributed by atoms with Crippen molar-refractivity contribution in [3.63, 3.8) is 0 Å². The highest BCUT2D eigenvalue weighted by Gasteiger charge is 2.14. The number of carbonyl (C=O) groups is 1. The van der Waals surface area contributed by atoms with Crippen molar-refractivity contribution >= 4 is 5.91 Å². The van der Waals surface area contributed by atoms with E-state index in [-0.39, 0.29) is 5.91 Å². The first kappa shape index (κ1) is 16.6. The first-order valence-electron chi connectivity index (χ1n) is 7.77. The molecule has 0 aliphatic carbocycles. The Hall–Kier alpha value is -3.22. The summed E-state index contributed by atoms with van der Waals surface area (Å²) < 4.78 is 20.2. The Morgan fingerprint density at radius 2 is 2.16 bits per heavy atom. The summed E-state index contributed by atoms with van der Waals surface area (Å²) in [6, 6.07) is 11.1. The van der Waals surface area contributed by atoms with Crippen LogP contribution in [0, 0.1) is 5.82 Å². The second-order valence-corrected chi connectivity index (χ2v) is 5.41. The predicted octanol–water partition coefficient (Wildman–Crippen LogP) is 2.49. The average Bonchev–Trinajstić information content (AvgIpc) is 3.14. The summed E-state index contributed by atoms with van der Waals surface area (Å²) in [5.41, 5.74) is 0.881. The van der Waals surface area contributed by atoms with Crippen molar-refractivity contribution in [2.75, 3.05) is 0 Å². The van der Waals surface area contributed by atoms with Crippen LogP contribution in [0.15, 0.2) is 61.1 Å². The van der Waals surface area contributed by atoms with E-state index in [0.717, 1.165) is 5.56 Å². The highest BCUT2D eigenvalue weighted by molar-refractivity contribution is 5.80. The molecule has 2 aromatic heterocycles. The minimum atomic E-state index is -0.741. The topological polar surface area (TPSA) is 69.0 Å². The maximum absolute atomic E-state index is 13.1. The smallest absolute Gasteiger partial charge is 0.261 e. The molecule has 7 heteroatoms. The van der Waals surface area contributed by atoms with E-state index in [1.54, 1.807) is 36.3 Å². The van der Waals surface area contributed by atoms with E-state index < -0.39 is 11.9 Å². The standard InChI is InChI=1S/C18H17FN4O2/c1-13(25-16-5-2-4-15(19)11-16)18(24)21-12-14-6-8-20-17(10-14)23-9-3-7-22-23/h2-11,13H,12H2,1H3,(H,21,24). The minimum absolute atomic E-state index is 0.290. The van der Waals surface area contributed by atoms with Gasteiger partial charge in [0.05, 0.1) is 0 Å². The number of hydrogen-bond acceptors (Lipinski definition) is 4. The summed E-state index contributed by atoms with van der Waals surface area (Å²) >= 11 is 0. The maximum atomic E-state index is 13.1. The van der Waals surface area contributed by atoms with E-state index in [4.69, 9.17) is 4.74 Å². The second-order valence-electron chi connectivity index (χ2n) is 5.41. The largest absolute Gasteiger partial charge is 0.481 e. The lowest BCUT2D eigenvalue weighted by Crippen LogP contribution is -2.35. The molecule has 128 valence electrons. The van der Waals surface area contributed by atoms with Gasteiger partial charge in [-0.2, -0.15) is 5.10 Å². The van der Waals surface area contributed by atoms with Crippen molar-refractivity contribution < 1.29 is 13.9 Å². The number of carbonyl (C=O) groups excluding carboxylic acids is 1. The number of halogens is 1. The first-order chi connectivity index (χ1) is 12.1. The Kier molecular flexibility index (Phi) is 5.03. The first-order valence-corrected chi connectivity index (χ1v) is 7.77. The van der Waals surface area contributed by atoms with Crippen LogP contribution < -0.4 is 10.1 Å². The molecular weight excluding hydrogens is 323 g/mol. The number of hydrogen-bond donors (Lipinski definition) is 1. The van der Waals surface area contributed by atoms with E-state index in [9.17, 15) is 9.18 Å². The van der Waals surface area contributed by atoms with Crippen LogP contribution >= 0.6 is 0 Å². The van der Waals surface area contributed by atoms with Gasteiger partial charge < -0.3 is 10.1 Å². The number of aromatic nitrogens is 3. The molecule has 0 bridgehead atoms. The molecule has 6 nitrogen and oxygen atoms in total. The molecular formula is C18H17FN4O2. The molecule has 2 heterocycles. The lowest BCUT2D eigenvalue weighted by atomic mass is 10.2. The van der Waals surface area contributed by atoms with Crippen LogP contribution in [0.2, 0.25) is 0 Å². The molecule has 0 radical (unpaired) electrons. The summed E-state index contributed by atoms with van der Waals surface area (Å²) in [7, 11) is 0. The molecule has 0 aliphatic heterocycles. The number of nitrogens with zero attached hydrogens (tertiary/aromatic N) is 3. The molecule has 0 spiro atoms. The summed E-state index contributed by atoms with van der Waals surface area (Å²) in [6.07, 6.45) is 4.38. The van der Waals surface area contributed by atoms with Gasteiger partial charge in [0.1, 0.15) is 11.6 Å². The third kappa shape index (κ3) is 4.41. The van der Waals surface area contributed by atoms with Crippen LogP contribution in [0.4, 0.5) is 4.39 Å². The number of rotatable bonds is 6. The predicted molar refractivity (Wildman–Crippen MR) is 89.7 cm³/mol. The Labute approximate surface area is 144 Å². The Morgan fingerprint density at radius 3 is 2.92 bits per heavy atom. The molecule has 1 aromatic carbocycles. The van der Waals surface area contributed by atoms with Gasteiger partial charge in [0.25, 0.3) is 5.91 Å². The third-order valence-electron chi connectivity index (χ3n) is 3.49. The summed E-state index contributed by atoms with van der Waals surface area (Å²) in [5, 5.41) is 6.91. The van der Waals surface area contributed by atoms with E-state index in [0.29, 0.717) is 18.1 Å². The normalized spacial score (nSPS) is 11.8. The van der Waals surface area contributed by atoms with Crippen LogP contribution in [0.25, 0.3) is 5.82 Å². The van der Waals surface area contributed by atoms with Gasteiger partial charge in [-0.25, -0.2) is 14.1 Å². The Bertz CT molecular complexity index is 852. The van der Waals surface area contributed by atoms with Gasteiger partial charge in [-0.15, -0.1) is 0 Å². The zero-order chi connectivity index (χ0) is 17.6. The summed E-state index contributed by atoms with van der Waals surface area (Å²) in [4.78, 5) is 16.4. The Morgan fingerprint density at radius 1 is 1.28 bits per heavy atom. The lowest BCUT2D eigenvalue weighted by Gasteiger charge is -2.15. The van der Waals surface area contributed by atoms with E-state index in [1.165, 1.54) is 18.2 Å². The van der Waals surface area contributed by atoms with E-state index in [1.807, 2.05) is 18.2 Å². The van der Waals surface area contributed by atoms with Gasteiger partial charge in [-0.1, -0.05) is 6.07 Å². The Balaban J connectivity index is 1.57. The van der Waals surface area contributed by atoms with Crippen LogP contribution in [0.5, 0.6) is 5.75 Å². The van der Waals surface area contributed by atoms with Crippen molar-refractivity contribution in [1.82, 2.24) is 20.1 Å². The molecule has 0 saturated carbocycles. The van der Waals surface area contributed by atoms with E-state index >= 15 is 0 Å². The van der Waals surface area contributed by atoms with Crippen molar-refractivity contribution in [1.29, 1.82) is 0 Å². The van der Waals surface area contributed by atoms with Gasteiger partial charge in [0, 0.05) is 31.2 Å².